The summed E-state index contributed by atoms with van der Waals surface area (Å²) in [7, 11) is -1.73. The molecule has 1 atom stereocenters. The maximum Gasteiger partial charge on any atom is 0.275 e. The van der Waals surface area contributed by atoms with Crippen LogP contribution in [0, 0.1) is 0 Å². The van der Waals surface area contributed by atoms with Gasteiger partial charge in [0.15, 0.2) is 9.84 Å². The van der Waals surface area contributed by atoms with Gasteiger partial charge in [0.25, 0.3) is 5.91 Å². The summed E-state index contributed by atoms with van der Waals surface area (Å²) < 4.78 is 30.8. The molecule has 0 aliphatic carbocycles. The Morgan fingerprint density at radius 1 is 1.48 bits per heavy atom. The monoisotopic (exact) mass is 339 g/mol. The topological polar surface area (TPSA) is 110 Å². The molecule has 0 unspecified atom stereocenters. The smallest absolute Gasteiger partial charge is 0.275 e. The molecule has 2 aromatic heterocycles. The summed E-state index contributed by atoms with van der Waals surface area (Å²) in [4.78, 5) is 14.3. The highest BCUT2D eigenvalue weighted by molar-refractivity contribution is 7.90. The predicted octanol–water partition coefficient (Wildman–Crippen LogP) is -0.240. The van der Waals surface area contributed by atoms with Crippen molar-refractivity contribution in [3.05, 3.63) is 29.8 Å². The van der Waals surface area contributed by atoms with Crippen LogP contribution in [0.4, 0.5) is 0 Å². The van der Waals surface area contributed by atoms with E-state index in [1.165, 1.54) is 6.20 Å². The third-order valence-electron chi connectivity index (χ3n) is 3.69. The van der Waals surface area contributed by atoms with Gasteiger partial charge in [-0.2, -0.15) is 10.2 Å². The summed E-state index contributed by atoms with van der Waals surface area (Å²) in [5.74, 6) is -0.270. The Bertz CT molecular complexity index is 825. The number of hydrogen-bond acceptors (Lipinski definition) is 6. The summed E-state index contributed by atoms with van der Waals surface area (Å²) >= 11 is 0. The van der Waals surface area contributed by atoms with Crippen molar-refractivity contribution < 1.29 is 17.9 Å². The number of carbonyl (C=O) groups is 1. The Balaban J connectivity index is 1.97. The van der Waals surface area contributed by atoms with Crippen molar-refractivity contribution in [1.29, 1.82) is 0 Å². The Morgan fingerprint density at radius 3 is 2.91 bits per heavy atom. The number of aromatic nitrogens is 4. The van der Waals surface area contributed by atoms with Crippen molar-refractivity contribution in [2.75, 3.05) is 26.0 Å². The lowest BCUT2D eigenvalue weighted by Crippen LogP contribution is -2.44. The lowest BCUT2D eigenvalue weighted by molar-refractivity contribution is -0.00502. The van der Waals surface area contributed by atoms with E-state index in [9.17, 15) is 13.2 Å². The zero-order valence-electron chi connectivity index (χ0n) is 12.8. The normalized spacial score (nSPS) is 19.0. The first kappa shape index (κ1) is 15.7. The number of carbonyl (C=O) groups excluding carboxylic acids is 1. The fourth-order valence-electron chi connectivity index (χ4n) is 2.58. The van der Waals surface area contributed by atoms with Gasteiger partial charge >= 0.3 is 0 Å². The molecule has 1 saturated heterocycles. The van der Waals surface area contributed by atoms with Crippen LogP contribution in [0.5, 0.6) is 0 Å². The van der Waals surface area contributed by atoms with E-state index < -0.39 is 15.9 Å². The number of nitrogens with zero attached hydrogens (tertiary/aromatic N) is 4. The maximum atomic E-state index is 12.7. The molecule has 1 amide bonds. The lowest BCUT2D eigenvalue weighted by atomic mass is 10.1. The first-order valence-electron chi connectivity index (χ1n) is 6.99. The van der Waals surface area contributed by atoms with Crippen LogP contribution in [0.15, 0.2) is 23.4 Å². The molecule has 2 aromatic rings. The van der Waals surface area contributed by atoms with Crippen molar-refractivity contribution in [2.24, 2.45) is 7.05 Å². The molecule has 1 aliphatic rings. The largest absolute Gasteiger partial charge is 0.377 e. The molecule has 23 heavy (non-hydrogen) atoms. The molecule has 0 saturated carbocycles. The molecule has 9 nitrogen and oxygen atoms in total. The SMILES string of the molecule is Cn1ccc(C(=O)N2CCOC[C@@H]2c2[nH]ncc2S(C)(=O)=O)n1. The third-order valence-corrected chi connectivity index (χ3v) is 4.81. The average Bonchev–Trinajstić information content (AvgIpc) is 3.14. The molecule has 1 N–H and O–H groups in total. The van der Waals surface area contributed by atoms with E-state index in [2.05, 4.69) is 15.3 Å². The van der Waals surface area contributed by atoms with Crippen LogP contribution < -0.4 is 0 Å². The fraction of sp³-hybridized carbons (Fsp3) is 0.462. The molecule has 3 heterocycles. The summed E-state index contributed by atoms with van der Waals surface area (Å²) in [6.45, 7) is 0.934. The van der Waals surface area contributed by atoms with E-state index in [-0.39, 0.29) is 17.4 Å². The van der Waals surface area contributed by atoms with Crippen LogP contribution >= 0.6 is 0 Å². The zero-order chi connectivity index (χ0) is 16.6. The maximum absolute atomic E-state index is 12.7. The minimum atomic E-state index is -3.46. The van der Waals surface area contributed by atoms with Gasteiger partial charge in [0.05, 0.1) is 31.1 Å². The molecule has 1 aliphatic heterocycles. The van der Waals surface area contributed by atoms with E-state index in [0.717, 1.165) is 6.26 Å². The number of rotatable bonds is 3. The van der Waals surface area contributed by atoms with Crippen molar-refractivity contribution in [1.82, 2.24) is 24.9 Å². The number of H-pyrrole nitrogens is 1. The Morgan fingerprint density at radius 2 is 2.26 bits per heavy atom. The van der Waals surface area contributed by atoms with Gasteiger partial charge in [0.2, 0.25) is 0 Å². The van der Waals surface area contributed by atoms with E-state index in [1.54, 1.807) is 28.9 Å². The summed E-state index contributed by atoms with van der Waals surface area (Å²) in [5, 5.41) is 10.6. The van der Waals surface area contributed by atoms with E-state index >= 15 is 0 Å². The Labute approximate surface area is 133 Å². The van der Waals surface area contributed by atoms with Gasteiger partial charge in [-0.3, -0.25) is 14.6 Å². The van der Waals surface area contributed by atoms with Gasteiger partial charge in [-0.25, -0.2) is 8.42 Å². The zero-order valence-corrected chi connectivity index (χ0v) is 13.6. The number of ether oxygens (including phenoxy) is 1. The highest BCUT2D eigenvalue weighted by atomic mass is 32.2. The van der Waals surface area contributed by atoms with Crippen molar-refractivity contribution >= 4 is 15.7 Å². The second kappa shape index (κ2) is 5.78. The van der Waals surface area contributed by atoms with Crippen LogP contribution in [0.3, 0.4) is 0 Å². The predicted molar refractivity (Wildman–Crippen MR) is 79.5 cm³/mol. The van der Waals surface area contributed by atoms with Crippen molar-refractivity contribution in [3.8, 4) is 0 Å². The van der Waals surface area contributed by atoms with Crippen LogP contribution in [0.25, 0.3) is 0 Å². The quantitative estimate of drug-likeness (QED) is 0.826. The first-order chi connectivity index (χ1) is 10.9. The van der Waals surface area contributed by atoms with E-state index in [0.29, 0.717) is 24.5 Å². The van der Waals surface area contributed by atoms with Crippen molar-refractivity contribution in [3.63, 3.8) is 0 Å². The van der Waals surface area contributed by atoms with Crippen LogP contribution in [-0.2, 0) is 21.6 Å². The first-order valence-corrected chi connectivity index (χ1v) is 8.89. The fourth-order valence-corrected chi connectivity index (χ4v) is 3.41. The minimum Gasteiger partial charge on any atom is -0.377 e. The van der Waals surface area contributed by atoms with Crippen LogP contribution in [0.2, 0.25) is 0 Å². The van der Waals surface area contributed by atoms with Gasteiger partial charge in [0, 0.05) is 26.0 Å². The summed E-state index contributed by atoms with van der Waals surface area (Å²) in [5.41, 5.74) is 0.663. The molecular weight excluding hydrogens is 322 g/mol. The molecule has 3 rings (SSSR count). The Hall–Kier alpha value is -2.20. The minimum absolute atomic E-state index is 0.0758. The second-order valence-corrected chi connectivity index (χ2v) is 7.37. The van der Waals surface area contributed by atoms with Gasteiger partial charge in [-0.05, 0) is 6.07 Å². The molecule has 10 heteroatoms. The number of aromatic amines is 1. The highest BCUT2D eigenvalue weighted by Crippen LogP contribution is 2.28. The number of sulfone groups is 1. The Kier molecular flexibility index (Phi) is 3.94. The molecule has 0 radical (unpaired) electrons. The second-order valence-electron chi connectivity index (χ2n) is 5.38. The molecule has 1 fully saturated rings. The number of aryl methyl sites for hydroxylation is 1. The molecule has 0 spiro atoms. The number of morpholine rings is 1. The van der Waals surface area contributed by atoms with Crippen LogP contribution in [-0.4, -0.2) is 65.2 Å². The van der Waals surface area contributed by atoms with Gasteiger partial charge in [0.1, 0.15) is 10.6 Å². The molecule has 0 aromatic carbocycles. The number of hydrogen-bond donors (Lipinski definition) is 1. The summed E-state index contributed by atoms with van der Waals surface area (Å²) in [6.07, 6.45) is 4.04. The van der Waals surface area contributed by atoms with Gasteiger partial charge in [-0.15, -0.1) is 0 Å². The average molecular weight is 339 g/mol. The van der Waals surface area contributed by atoms with Crippen molar-refractivity contribution in [2.45, 2.75) is 10.9 Å². The van der Waals surface area contributed by atoms with Gasteiger partial charge in [-0.1, -0.05) is 0 Å². The van der Waals surface area contributed by atoms with Crippen LogP contribution in [0.1, 0.15) is 22.2 Å². The summed E-state index contributed by atoms with van der Waals surface area (Å²) in [6, 6.07) is 1.07. The highest BCUT2D eigenvalue weighted by Gasteiger charge is 2.34. The lowest BCUT2D eigenvalue weighted by Gasteiger charge is -2.34. The molecule has 124 valence electrons. The molecule has 0 bridgehead atoms. The number of nitrogens with one attached hydrogen (secondary N) is 1. The standard InChI is InChI=1S/C13H17N5O4S/c1-17-4-3-9(16-17)13(19)18-5-6-22-8-10(18)12-11(7-14-15-12)23(2,20)21/h3-4,7,10H,5-6,8H2,1-2H3,(H,14,15)/t10-/m1/s1. The van der Waals surface area contributed by atoms with Gasteiger partial charge < -0.3 is 9.64 Å². The third kappa shape index (κ3) is 2.99. The van der Waals surface area contributed by atoms with E-state index in [1.807, 2.05) is 0 Å². The molecular formula is C13H17N5O4S. The number of amides is 1. The van der Waals surface area contributed by atoms with E-state index in [4.69, 9.17) is 4.74 Å².